The van der Waals surface area contributed by atoms with Gasteiger partial charge in [0.2, 0.25) is 10.0 Å². The fraction of sp³-hybridized carbons (Fsp3) is 0.400. The zero-order chi connectivity index (χ0) is 11.6. The van der Waals surface area contributed by atoms with E-state index in [4.69, 9.17) is 10.6 Å². The molecule has 0 spiro atoms. The van der Waals surface area contributed by atoms with Crippen molar-refractivity contribution in [2.24, 2.45) is 0 Å². The molecule has 1 aliphatic rings. The summed E-state index contributed by atoms with van der Waals surface area (Å²) in [6, 6.07) is 6.87. The van der Waals surface area contributed by atoms with Crippen LogP contribution in [0, 0.1) is 0 Å². The standard InChI is InChI=1S/C10H14N2O3S/c11-10-4-1-3-9(7-10)8-16(13,14)12-5-2-6-15-12/h1,3-4,7H,2,5-6,8,11H2. The molecule has 2 N–H and O–H groups in total. The predicted molar refractivity (Wildman–Crippen MR) is 60.8 cm³/mol. The largest absolute Gasteiger partial charge is 0.399 e. The summed E-state index contributed by atoms with van der Waals surface area (Å²) in [6.45, 7) is 0.904. The van der Waals surface area contributed by atoms with Crippen molar-refractivity contribution < 1.29 is 13.3 Å². The van der Waals surface area contributed by atoms with Gasteiger partial charge in [0, 0.05) is 12.2 Å². The summed E-state index contributed by atoms with van der Waals surface area (Å²) < 4.78 is 24.8. The first kappa shape index (κ1) is 11.4. The second-order valence-electron chi connectivity index (χ2n) is 3.71. The van der Waals surface area contributed by atoms with Crippen LogP contribution in [0.1, 0.15) is 12.0 Å². The Labute approximate surface area is 94.8 Å². The van der Waals surface area contributed by atoms with E-state index in [1.54, 1.807) is 24.3 Å². The Bertz CT molecular complexity index is 467. The first-order chi connectivity index (χ1) is 7.58. The molecule has 1 saturated heterocycles. The van der Waals surface area contributed by atoms with E-state index in [1.807, 2.05) is 0 Å². The maximum absolute atomic E-state index is 11.9. The summed E-state index contributed by atoms with van der Waals surface area (Å²) in [5.74, 6) is -0.0714. The first-order valence-electron chi connectivity index (χ1n) is 5.06. The number of sulfonamides is 1. The molecule has 16 heavy (non-hydrogen) atoms. The van der Waals surface area contributed by atoms with Crippen LogP contribution < -0.4 is 5.73 Å². The van der Waals surface area contributed by atoms with E-state index in [0.717, 1.165) is 10.9 Å². The van der Waals surface area contributed by atoms with E-state index in [1.165, 1.54) is 0 Å². The summed E-state index contributed by atoms with van der Waals surface area (Å²) in [6.07, 6.45) is 0.746. The van der Waals surface area contributed by atoms with E-state index < -0.39 is 10.0 Å². The summed E-state index contributed by atoms with van der Waals surface area (Å²) in [4.78, 5) is 5.03. The Morgan fingerprint density at radius 3 is 2.88 bits per heavy atom. The quantitative estimate of drug-likeness (QED) is 0.793. The van der Waals surface area contributed by atoms with Crippen molar-refractivity contribution in [1.82, 2.24) is 4.47 Å². The van der Waals surface area contributed by atoms with Crippen molar-refractivity contribution in [3.8, 4) is 0 Å². The molecule has 1 aromatic carbocycles. The van der Waals surface area contributed by atoms with E-state index in [-0.39, 0.29) is 5.75 Å². The molecule has 0 atom stereocenters. The van der Waals surface area contributed by atoms with Crippen LogP contribution in [0.5, 0.6) is 0 Å². The summed E-state index contributed by atoms with van der Waals surface area (Å²) in [7, 11) is -3.37. The third kappa shape index (κ3) is 2.52. The predicted octanol–water partition coefficient (Wildman–Crippen LogP) is 0.736. The van der Waals surface area contributed by atoms with Crippen LogP contribution in [0.2, 0.25) is 0 Å². The van der Waals surface area contributed by atoms with E-state index in [0.29, 0.717) is 24.4 Å². The number of rotatable bonds is 3. The molecular weight excluding hydrogens is 228 g/mol. The monoisotopic (exact) mass is 242 g/mol. The highest BCUT2D eigenvalue weighted by molar-refractivity contribution is 7.88. The Morgan fingerprint density at radius 1 is 1.44 bits per heavy atom. The highest BCUT2D eigenvalue weighted by Gasteiger charge is 2.26. The molecule has 0 aliphatic carbocycles. The lowest BCUT2D eigenvalue weighted by molar-refractivity contribution is -0.0286. The lowest BCUT2D eigenvalue weighted by Crippen LogP contribution is -2.28. The molecule has 0 saturated carbocycles. The van der Waals surface area contributed by atoms with Crippen LogP contribution in [-0.2, 0) is 20.6 Å². The van der Waals surface area contributed by atoms with Crippen LogP contribution >= 0.6 is 0 Å². The summed E-state index contributed by atoms with van der Waals surface area (Å²) >= 11 is 0. The van der Waals surface area contributed by atoms with E-state index in [9.17, 15) is 8.42 Å². The number of nitrogen functional groups attached to an aromatic ring is 1. The van der Waals surface area contributed by atoms with Gasteiger partial charge in [-0.25, -0.2) is 8.42 Å². The minimum Gasteiger partial charge on any atom is -0.399 e. The van der Waals surface area contributed by atoms with Crippen LogP contribution in [0.25, 0.3) is 0 Å². The van der Waals surface area contributed by atoms with Gasteiger partial charge in [-0.05, 0) is 24.1 Å². The molecular formula is C10H14N2O3S. The number of hydrogen-bond acceptors (Lipinski definition) is 4. The lowest BCUT2D eigenvalue weighted by atomic mass is 10.2. The number of anilines is 1. The van der Waals surface area contributed by atoms with Crippen molar-refractivity contribution in [2.75, 3.05) is 18.9 Å². The van der Waals surface area contributed by atoms with Gasteiger partial charge in [-0.3, -0.25) is 4.84 Å². The highest BCUT2D eigenvalue weighted by atomic mass is 32.2. The topological polar surface area (TPSA) is 72.6 Å². The molecule has 0 unspecified atom stereocenters. The zero-order valence-corrected chi connectivity index (χ0v) is 9.61. The van der Waals surface area contributed by atoms with Crippen molar-refractivity contribution >= 4 is 15.7 Å². The van der Waals surface area contributed by atoms with Crippen LogP contribution in [0.3, 0.4) is 0 Å². The second-order valence-corrected chi connectivity index (χ2v) is 5.57. The van der Waals surface area contributed by atoms with Crippen LogP contribution in [0.15, 0.2) is 24.3 Å². The zero-order valence-electron chi connectivity index (χ0n) is 8.80. The number of hydrogen-bond donors (Lipinski definition) is 1. The van der Waals surface area contributed by atoms with Crippen molar-refractivity contribution in [3.63, 3.8) is 0 Å². The molecule has 1 aliphatic heterocycles. The lowest BCUT2D eigenvalue weighted by Gasteiger charge is -2.14. The Balaban J connectivity index is 2.14. The summed E-state index contributed by atoms with van der Waals surface area (Å²) in [5, 5.41) is 0. The SMILES string of the molecule is Nc1cccc(CS(=O)(=O)N2CCCO2)c1. The molecule has 6 heteroatoms. The molecule has 0 amide bonds. The number of nitrogens with two attached hydrogens (primary N) is 1. The molecule has 0 radical (unpaired) electrons. The van der Waals surface area contributed by atoms with Gasteiger partial charge in [0.1, 0.15) is 0 Å². The molecule has 0 aromatic heterocycles. The van der Waals surface area contributed by atoms with Gasteiger partial charge in [0.05, 0.1) is 12.4 Å². The van der Waals surface area contributed by atoms with E-state index in [2.05, 4.69) is 0 Å². The second kappa shape index (κ2) is 4.40. The minimum atomic E-state index is -3.37. The molecule has 5 nitrogen and oxygen atoms in total. The van der Waals surface area contributed by atoms with Crippen LogP contribution in [-0.4, -0.2) is 26.0 Å². The third-order valence-electron chi connectivity index (χ3n) is 2.33. The van der Waals surface area contributed by atoms with Crippen molar-refractivity contribution in [3.05, 3.63) is 29.8 Å². The van der Waals surface area contributed by atoms with Gasteiger partial charge in [-0.2, -0.15) is 0 Å². The van der Waals surface area contributed by atoms with Gasteiger partial charge in [0.25, 0.3) is 0 Å². The smallest absolute Gasteiger partial charge is 0.240 e. The fourth-order valence-corrected chi connectivity index (χ4v) is 3.00. The maximum Gasteiger partial charge on any atom is 0.240 e. The van der Waals surface area contributed by atoms with Crippen LogP contribution in [0.4, 0.5) is 5.69 Å². The first-order valence-corrected chi connectivity index (χ1v) is 6.66. The van der Waals surface area contributed by atoms with Gasteiger partial charge < -0.3 is 5.73 Å². The molecule has 1 aromatic rings. The highest BCUT2D eigenvalue weighted by Crippen LogP contribution is 2.17. The maximum atomic E-state index is 11.9. The van der Waals surface area contributed by atoms with E-state index >= 15 is 0 Å². The average Bonchev–Trinajstić information content (AvgIpc) is 2.69. The van der Waals surface area contributed by atoms with Crippen molar-refractivity contribution in [2.45, 2.75) is 12.2 Å². The van der Waals surface area contributed by atoms with Crippen molar-refractivity contribution in [1.29, 1.82) is 0 Å². The Morgan fingerprint density at radius 2 is 2.25 bits per heavy atom. The third-order valence-corrected chi connectivity index (χ3v) is 3.94. The molecule has 2 rings (SSSR count). The van der Waals surface area contributed by atoms with Gasteiger partial charge >= 0.3 is 0 Å². The van der Waals surface area contributed by atoms with Gasteiger partial charge in [-0.15, -0.1) is 0 Å². The van der Waals surface area contributed by atoms with Gasteiger partial charge in [-0.1, -0.05) is 16.6 Å². The molecule has 1 fully saturated rings. The van der Waals surface area contributed by atoms with Gasteiger partial charge in [0.15, 0.2) is 0 Å². The Hall–Kier alpha value is -1.11. The minimum absolute atomic E-state index is 0.0714. The number of benzene rings is 1. The summed E-state index contributed by atoms with van der Waals surface area (Å²) in [5.41, 5.74) is 6.83. The fourth-order valence-electron chi connectivity index (χ4n) is 1.61. The normalized spacial score (nSPS) is 17.8. The molecule has 0 bridgehead atoms. The number of hydroxylamine groups is 1. The Kier molecular flexibility index (Phi) is 3.13. The molecule has 88 valence electrons. The number of nitrogens with zero attached hydrogens (tertiary/aromatic N) is 1. The average molecular weight is 242 g/mol. The molecule has 1 heterocycles.